The van der Waals surface area contributed by atoms with Gasteiger partial charge < -0.3 is 0 Å². The van der Waals surface area contributed by atoms with E-state index in [1.165, 1.54) is 0 Å². The van der Waals surface area contributed by atoms with Crippen molar-refractivity contribution in [2.45, 2.75) is 34.6 Å². The van der Waals surface area contributed by atoms with E-state index in [-0.39, 0.29) is 10.7 Å². The summed E-state index contributed by atoms with van der Waals surface area (Å²) in [6.45, 7) is 9.75. The van der Waals surface area contributed by atoms with Crippen LogP contribution in [-0.2, 0) is 4.79 Å². The molecule has 0 aliphatic carbocycles. The number of carbonyl (C=O) groups is 1. The summed E-state index contributed by atoms with van der Waals surface area (Å²) in [5.41, 5.74) is -0.500. The quantitative estimate of drug-likeness (QED) is 0.542. The van der Waals surface area contributed by atoms with Crippen molar-refractivity contribution in [1.29, 1.82) is 0 Å². The largest absolute Gasteiger partial charge is 0.281 e. The molecule has 0 aliphatic heterocycles. The van der Waals surface area contributed by atoms with Crippen LogP contribution in [0.1, 0.15) is 34.6 Å². The molecule has 0 bridgehead atoms. The molecule has 0 aliphatic rings. The number of hydrogen-bond acceptors (Lipinski definition) is 1. The minimum Gasteiger partial charge on any atom is -0.281 e. The summed E-state index contributed by atoms with van der Waals surface area (Å²) < 4.78 is 0. The summed E-state index contributed by atoms with van der Waals surface area (Å²) in [6.07, 6.45) is 0. The lowest BCUT2D eigenvalue weighted by Gasteiger charge is -2.34. The summed E-state index contributed by atoms with van der Waals surface area (Å²) in [4.78, 5) is 10.9. The standard InChI is InChI=1S/C8H15ClO/c1-7(2,3)8(4,5)6(9)10/h1-5H3. The Morgan fingerprint density at radius 2 is 1.40 bits per heavy atom. The molecule has 0 N–H and O–H groups in total. The Balaban J connectivity index is 4.57. The Labute approximate surface area is 67.8 Å². The van der Waals surface area contributed by atoms with Gasteiger partial charge >= 0.3 is 0 Å². The third kappa shape index (κ3) is 1.72. The van der Waals surface area contributed by atoms with E-state index in [1.54, 1.807) is 0 Å². The number of carbonyl (C=O) groups excluding carboxylic acids is 1. The van der Waals surface area contributed by atoms with Crippen LogP contribution in [0.5, 0.6) is 0 Å². The molecule has 0 rings (SSSR count). The SMILES string of the molecule is CC(C)(C)C(C)(C)C(=O)Cl. The maximum absolute atomic E-state index is 10.9. The molecule has 0 aromatic heterocycles. The second-order valence-corrected chi connectivity index (χ2v) is 4.49. The van der Waals surface area contributed by atoms with Crippen molar-refractivity contribution in [3.05, 3.63) is 0 Å². The summed E-state index contributed by atoms with van der Waals surface area (Å²) in [6, 6.07) is 0. The maximum Gasteiger partial charge on any atom is 0.227 e. The first-order valence-electron chi connectivity index (χ1n) is 3.39. The fourth-order valence-corrected chi connectivity index (χ4v) is 0.578. The predicted octanol–water partition coefficient (Wildman–Crippen LogP) is 2.82. The van der Waals surface area contributed by atoms with Crippen molar-refractivity contribution in [3.63, 3.8) is 0 Å². The Morgan fingerprint density at radius 3 is 1.40 bits per heavy atom. The lowest BCUT2D eigenvalue weighted by Crippen LogP contribution is -2.34. The van der Waals surface area contributed by atoms with Crippen LogP contribution < -0.4 is 0 Å². The fraction of sp³-hybridized carbons (Fsp3) is 0.875. The molecule has 0 unspecified atom stereocenters. The molecule has 60 valence electrons. The molecule has 0 aromatic rings. The summed E-state index contributed by atoms with van der Waals surface area (Å²) in [5.74, 6) is 0. The minimum atomic E-state index is -0.436. The molecule has 1 nitrogen and oxygen atoms in total. The van der Waals surface area contributed by atoms with Gasteiger partial charge in [0.05, 0.1) is 0 Å². The van der Waals surface area contributed by atoms with Crippen molar-refractivity contribution < 1.29 is 4.79 Å². The minimum absolute atomic E-state index is 0.0637. The highest BCUT2D eigenvalue weighted by molar-refractivity contribution is 6.64. The average molecular weight is 163 g/mol. The first-order chi connectivity index (χ1) is 4.19. The number of rotatable bonds is 1. The van der Waals surface area contributed by atoms with E-state index in [0.29, 0.717) is 0 Å². The van der Waals surface area contributed by atoms with E-state index >= 15 is 0 Å². The Morgan fingerprint density at radius 1 is 1.10 bits per heavy atom. The van der Waals surface area contributed by atoms with Crippen molar-refractivity contribution >= 4 is 16.8 Å². The molecule has 0 saturated heterocycles. The lowest BCUT2D eigenvalue weighted by atomic mass is 9.70. The van der Waals surface area contributed by atoms with Crippen molar-refractivity contribution in [3.8, 4) is 0 Å². The van der Waals surface area contributed by atoms with Crippen molar-refractivity contribution in [2.75, 3.05) is 0 Å². The van der Waals surface area contributed by atoms with Gasteiger partial charge in [-0.15, -0.1) is 0 Å². The first kappa shape index (κ1) is 9.96. The molecule has 0 radical (unpaired) electrons. The first-order valence-corrected chi connectivity index (χ1v) is 3.77. The van der Waals surface area contributed by atoms with E-state index in [2.05, 4.69) is 0 Å². The third-order valence-corrected chi connectivity index (χ3v) is 2.84. The average Bonchev–Trinajstić information content (AvgIpc) is 1.62. The molecule has 0 fully saturated rings. The predicted molar refractivity (Wildman–Crippen MR) is 44.1 cm³/mol. The van der Waals surface area contributed by atoms with Gasteiger partial charge in [0.25, 0.3) is 0 Å². The molecule has 0 aromatic carbocycles. The Bertz CT molecular complexity index is 142. The summed E-state index contributed by atoms with van der Waals surface area (Å²) >= 11 is 5.42. The van der Waals surface area contributed by atoms with Gasteiger partial charge in [-0.05, 0) is 17.0 Å². The van der Waals surface area contributed by atoms with Crippen LogP contribution in [0.4, 0.5) is 0 Å². The monoisotopic (exact) mass is 162 g/mol. The van der Waals surface area contributed by atoms with Crippen LogP contribution >= 0.6 is 11.6 Å². The van der Waals surface area contributed by atoms with Gasteiger partial charge in [-0.3, -0.25) is 4.79 Å². The van der Waals surface area contributed by atoms with Gasteiger partial charge in [-0.1, -0.05) is 34.6 Å². The molecular weight excluding hydrogens is 148 g/mol. The number of hydrogen-bond donors (Lipinski definition) is 0. The van der Waals surface area contributed by atoms with Crippen molar-refractivity contribution in [1.82, 2.24) is 0 Å². The second-order valence-electron chi connectivity index (χ2n) is 4.15. The van der Waals surface area contributed by atoms with Gasteiger partial charge in [0.2, 0.25) is 5.24 Å². The molecule has 0 amide bonds. The fourth-order valence-electron chi connectivity index (χ4n) is 0.295. The van der Waals surface area contributed by atoms with Gasteiger partial charge in [0.1, 0.15) is 0 Å². The summed E-state index contributed by atoms with van der Waals surface area (Å²) in [7, 11) is 0. The van der Waals surface area contributed by atoms with Crippen LogP contribution in [0.3, 0.4) is 0 Å². The van der Waals surface area contributed by atoms with Gasteiger partial charge in [-0.2, -0.15) is 0 Å². The Hall–Kier alpha value is -0.0400. The highest BCUT2D eigenvalue weighted by Gasteiger charge is 2.38. The maximum atomic E-state index is 10.9. The van der Waals surface area contributed by atoms with E-state index in [1.807, 2.05) is 34.6 Å². The van der Waals surface area contributed by atoms with Crippen LogP contribution in [0, 0.1) is 10.8 Å². The number of halogens is 1. The van der Waals surface area contributed by atoms with Crippen LogP contribution in [-0.4, -0.2) is 5.24 Å². The smallest absolute Gasteiger partial charge is 0.227 e. The van der Waals surface area contributed by atoms with E-state index in [0.717, 1.165) is 0 Å². The topological polar surface area (TPSA) is 17.1 Å². The molecule has 0 spiro atoms. The zero-order valence-electron chi connectivity index (χ0n) is 7.29. The molecule has 2 heteroatoms. The molecule has 10 heavy (non-hydrogen) atoms. The zero-order chi connectivity index (χ0) is 8.58. The lowest BCUT2D eigenvalue weighted by molar-refractivity contribution is -0.123. The van der Waals surface area contributed by atoms with Crippen LogP contribution in [0.2, 0.25) is 0 Å². The molecule has 0 heterocycles. The van der Waals surface area contributed by atoms with Gasteiger partial charge in [-0.25, -0.2) is 0 Å². The van der Waals surface area contributed by atoms with Crippen molar-refractivity contribution in [2.24, 2.45) is 10.8 Å². The highest BCUT2D eigenvalue weighted by Crippen LogP contribution is 2.39. The molecule has 0 atom stereocenters. The normalized spacial score (nSPS) is 13.4. The zero-order valence-corrected chi connectivity index (χ0v) is 8.04. The molecule has 0 saturated carbocycles. The van der Waals surface area contributed by atoms with E-state index < -0.39 is 5.41 Å². The van der Waals surface area contributed by atoms with Gasteiger partial charge in [0, 0.05) is 5.41 Å². The molecular formula is C8H15ClO. The van der Waals surface area contributed by atoms with Crippen LogP contribution in [0.25, 0.3) is 0 Å². The Kier molecular flexibility index (Phi) is 2.53. The summed E-state index contributed by atoms with van der Waals surface area (Å²) in [5, 5.41) is -0.264. The van der Waals surface area contributed by atoms with E-state index in [9.17, 15) is 4.79 Å². The van der Waals surface area contributed by atoms with Crippen LogP contribution in [0.15, 0.2) is 0 Å². The second kappa shape index (κ2) is 2.54. The van der Waals surface area contributed by atoms with E-state index in [4.69, 9.17) is 11.6 Å². The highest BCUT2D eigenvalue weighted by atomic mass is 35.5. The third-order valence-electron chi connectivity index (χ3n) is 2.37. The van der Waals surface area contributed by atoms with Gasteiger partial charge in [0.15, 0.2) is 0 Å².